The van der Waals surface area contributed by atoms with Crippen LogP contribution in [0.15, 0.2) is 28.8 Å². The van der Waals surface area contributed by atoms with E-state index < -0.39 is 0 Å². The van der Waals surface area contributed by atoms with Gasteiger partial charge in [-0.05, 0) is 19.1 Å². The first-order valence-electron chi connectivity index (χ1n) is 3.91. The fourth-order valence-electron chi connectivity index (χ4n) is 1.12. The van der Waals surface area contributed by atoms with E-state index >= 15 is 0 Å². The lowest BCUT2D eigenvalue weighted by Crippen LogP contribution is -1.77. The zero-order valence-corrected chi connectivity index (χ0v) is 7.11. The van der Waals surface area contributed by atoms with Crippen molar-refractivity contribution >= 4 is 0 Å². The first kappa shape index (κ1) is 7.86. The minimum absolute atomic E-state index is 0.187. The maximum atomic E-state index is 9.47. The van der Waals surface area contributed by atoms with Crippen molar-refractivity contribution < 1.29 is 9.63 Å². The average Bonchev–Trinajstić information content (AvgIpc) is 2.53. The number of phenols is 1. The highest BCUT2D eigenvalue weighted by Gasteiger charge is 2.07. The van der Waals surface area contributed by atoms with Gasteiger partial charge in [0.2, 0.25) is 0 Å². The molecule has 0 saturated carbocycles. The number of aryl methyl sites for hydroxylation is 1. The van der Waals surface area contributed by atoms with Crippen LogP contribution in [0.5, 0.6) is 5.75 Å². The van der Waals surface area contributed by atoms with E-state index in [1.165, 1.54) is 0 Å². The number of phenolic OH excluding ortho intramolecular Hbond substituents is 1. The van der Waals surface area contributed by atoms with Gasteiger partial charge in [-0.25, -0.2) is 0 Å². The lowest BCUT2D eigenvalue weighted by Gasteiger charge is -1.97. The summed E-state index contributed by atoms with van der Waals surface area (Å²) in [6.45, 7) is 1.76. The highest BCUT2D eigenvalue weighted by atomic mass is 16.5. The Bertz CT molecular complexity index is 420. The van der Waals surface area contributed by atoms with Gasteiger partial charge in [0, 0.05) is 5.56 Å². The molecule has 1 heterocycles. The molecule has 65 valence electrons. The Balaban J connectivity index is 2.52. The fourth-order valence-corrected chi connectivity index (χ4v) is 1.12. The summed E-state index contributed by atoms with van der Waals surface area (Å²) in [6.07, 6.45) is 0. The van der Waals surface area contributed by atoms with Gasteiger partial charge < -0.3 is 9.63 Å². The number of benzene rings is 1. The molecule has 0 aliphatic rings. The number of nitrogens with zero attached hydrogens (tertiary/aromatic N) is 1. The third-order valence-corrected chi connectivity index (χ3v) is 1.73. The zero-order valence-electron chi connectivity index (χ0n) is 7.11. The predicted molar refractivity (Wildman–Crippen MR) is 47.2 cm³/mol. The first-order chi connectivity index (χ1) is 6.27. The quantitative estimate of drug-likeness (QED) is 0.720. The Kier molecular flexibility index (Phi) is 1.77. The molecule has 0 atom stereocenters. The molecule has 1 aromatic carbocycles. The number of rotatable bonds is 1. The molecule has 0 spiro atoms. The summed E-state index contributed by atoms with van der Waals surface area (Å²) < 4.78 is 4.86. The SMILES string of the molecule is Cc1[c]c(-c2ccccc2O)no1. The summed E-state index contributed by atoms with van der Waals surface area (Å²) in [7, 11) is 0. The molecule has 0 fully saturated rings. The van der Waals surface area contributed by atoms with Crippen LogP contribution in [0.3, 0.4) is 0 Å². The van der Waals surface area contributed by atoms with Crippen LogP contribution in [-0.2, 0) is 0 Å². The van der Waals surface area contributed by atoms with Crippen LogP contribution in [0.2, 0.25) is 0 Å². The van der Waals surface area contributed by atoms with Crippen LogP contribution in [-0.4, -0.2) is 10.3 Å². The lowest BCUT2D eigenvalue weighted by molar-refractivity contribution is 0.398. The lowest BCUT2D eigenvalue weighted by atomic mass is 10.1. The minimum atomic E-state index is 0.187. The van der Waals surface area contributed by atoms with E-state index in [-0.39, 0.29) is 5.75 Å². The number of hydrogen-bond acceptors (Lipinski definition) is 3. The van der Waals surface area contributed by atoms with Gasteiger partial charge in [-0.3, -0.25) is 0 Å². The standard InChI is InChI=1S/C10H8NO2/c1-7-6-9(11-13-7)8-4-2-3-5-10(8)12/h2-5,12H,1H3. The molecule has 2 rings (SSSR count). The number of aromatic hydroxyl groups is 1. The van der Waals surface area contributed by atoms with Gasteiger partial charge in [0.05, 0.1) is 6.07 Å². The van der Waals surface area contributed by atoms with Crippen molar-refractivity contribution in [2.24, 2.45) is 0 Å². The molecule has 0 saturated heterocycles. The van der Waals surface area contributed by atoms with Crippen LogP contribution in [0.25, 0.3) is 11.3 Å². The van der Waals surface area contributed by atoms with Crippen LogP contribution >= 0.6 is 0 Å². The Morgan fingerprint density at radius 1 is 1.38 bits per heavy atom. The Hall–Kier alpha value is -1.77. The van der Waals surface area contributed by atoms with Crippen molar-refractivity contribution in [2.45, 2.75) is 6.92 Å². The van der Waals surface area contributed by atoms with Crippen LogP contribution in [0.4, 0.5) is 0 Å². The fraction of sp³-hybridized carbons (Fsp3) is 0.100. The second-order valence-electron chi connectivity index (χ2n) is 2.73. The normalized spacial score (nSPS) is 10.2. The molecule has 2 aromatic rings. The summed E-state index contributed by atoms with van der Waals surface area (Å²) in [4.78, 5) is 0. The van der Waals surface area contributed by atoms with E-state index in [0.717, 1.165) is 0 Å². The summed E-state index contributed by atoms with van der Waals surface area (Å²) in [5.41, 5.74) is 1.18. The van der Waals surface area contributed by atoms with E-state index in [4.69, 9.17) is 4.52 Å². The summed E-state index contributed by atoms with van der Waals surface area (Å²) in [5, 5.41) is 13.2. The summed E-state index contributed by atoms with van der Waals surface area (Å²) >= 11 is 0. The second kappa shape index (κ2) is 2.94. The first-order valence-corrected chi connectivity index (χ1v) is 3.91. The molecule has 1 aromatic heterocycles. The van der Waals surface area contributed by atoms with Crippen molar-refractivity contribution in [2.75, 3.05) is 0 Å². The van der Waals surface area contributed by atoms with Gasteiger partial charge in [-0.15, -0.1) is 0 Å². The van der Waals surface area contributed by atoms with E-state index in [0.29, 0.717) is 17.0 Å². The van der Waals surface area contributed by atoms with Crippen molar-refractivity contribution in [1.29, 1.82) is 0 Å². The number of para-hydroxylation sites is 1. The number of aromatic nitrogens is 1. The summed E-state index contributed by atoms with van der Waals surface area (Å²) in [5.74, 6) is 0.797. The highest BCUT2D eigenvalue weighted by molar-refractivity contribution is 5.65. The van der Waals surface area contributed by atoms with Gasteiger partial charge >= 0.3 is 0 Å². The third kappa shape index (κ3) is 1.40. The smallest absolute Gasteiger partial charge is 0.142 e. The van der Waals surface area contributed by atoms with Crippen molar-refractivity contribution in [3.8, 4) is 17.0 Å². The molecule has 0 unspecified atom stereocenters. The Labute approximate surface area is 75.6 Å². The maximum absolute atomic E-state index is 9.47. The maximum Gasteiger partial charge on any atom is 0.142 e. The van der Waals surface area contributed by atoms with Gasteiger partial charge in [0.15, 0.2) is 0 Å². The van der Waals surface area contributed by atoms with E-state index in [9.17, 15) is 5.11 Å². The van der Waals surface area contributed by atoms with Crippen molar-refractivity contribution in [3.05, 3.63) is 36.1 Å². The molecular formula is C10H8NO2. The predicted octanol–water partition coefficient (Wildman–Crippen LogP) is 2.16. The van der Waals surface area contributed by atoms with E-state index in [2.05, 4.69) is 11.2 Å². The molecule has 13 heavy (non-hydrogen) atoms. The van der Waals surface area contributed by atoms with Crippen LogP contribution in [0.1, 0.15) is 5.76 Å². The molecule has 1 radical (unpaired) electrons. The minimum Gasteiger partial charge on any atom is -0.507 e. The Morgan fingerprint density at radius 2 is 2.15 bits per heavy atom. The van der Waals surface area contributed by atoms with Gasteiger partial charge in [-0.1, -0.05) is 17.3 Å². The molecule has 0 aliphatic heterocycles. The molecule has 0 bridgehead atoms. The van der Waals surface area contributed by atoms with Crippen molar-refractivity contribution in [1.82, 2.24) is 5.16 Å². The van der Waals surface area contributed by atoms with Gasteiger partial charge in [0.25, 0.3) is 0 Å². The average molecular weight is 174 g/mol. The largest absolute Gasteiger partial charge is 0.507 e. The molecule has 3 heteroatoms. The second-order valence-corrected chi connectivity index (χ2v) is 2.73. The van der Waals surface area contributed by atoms with E-state index in [1.54, 1.807) is 25.1 Å². The number of hydrogen-bond donors (Lipinski definition) is 1. The monoisotopic (exact) mass is 174 g/mol. The van der Waals surface area contributed by atoms with E-state index in [1.807, 2.05) is 6.07 Å². The molecular weight excluding hydrogens is 166 g/mol. The third-order valence-electron chi connectivity index (χ3n) is 1.73. The Morgan fingerprint density at radius 3 is 2.77 bits per heavy atom. The highest BCUT2D eigenvalue weighted by Crippen LogP contribution is 2.27. The zero-order chi connectivity index (χ0) is 9.26. The molecule has 0 aliphatic carbocycles. The van der Waals surface area contributed by atoms with Crippen LogP contribution in [0, 0.1) is 13.0 Å². The van der Waals surface area contributed by atoms with Crippen molar-refractivity contribution in [3.63, 3.8) is 0 Å². The van der Waals surface area contributed by atoms with Gasteiger partial charge in [-0.2, -0.15) is 0 Å². The topological polar surface area (TPSA) is 46.3 Å². The molecule has 0 amide bonds. The molecule has 1 N–H and O–H groups in total. The van der Waals surface area contributed by atoms with Gasteiger partial charge in [0.1, 0.15) is 17.2 Å². The van der Waals surface area contributed by atoms with Crippen LogP contribution < -0.4 is 0 Å². The molecule has 3 nitrogen and oxygen atoms in total. The summed E-state index contributed by atoms with van der Waals surface area (Å²) in [6, 6.07) is 9.85.